The highest BCUT2D eigenvalue weighted by atomic mass is 16.5. The summed E-state index contributed by atoms with van der Waals surface area (Å²) < 4.78 is 6.96. The number of hydrogen-bond donors (Lipinski definition) is 1. The van der Waals surface area contributed by atoms with Crippen molar-refractivity contribution in [3.63, 3.8) is 0 Å². The van der Waals surface area contributed by atoms with Crippen molar-refractivity contribution in [2.24, 2.45) is 0 Å². The van der Waals surface area contributed by atoms with Crippen LogP contribution in [0.4, 0.5) is 5.69 Å². The Morgan fingerprint density at radius 2 is 2.08 bits per heavy atom. The number of aryl methyl sites for hydroxylation is 3. The molecule has 0 atom stereocenters. The standard InChI is InChI=1S/C17H19N5O2/c1-11-14(12(2)24-21-11)6-7-16(23)20-15-5-4-8-19-17(15)22-10-9-18-13(22)3/h4-5,8-10H,6-7H2,1-3H3,(H,20,23). The number of amides is 1. The summed E-state index contributed by atoms with van der Waals surface area (Å²) in [4.78, 5) is 20.9. The molecule has 0 aliphatic heterocycles. The molecular formula is C17H19N5O2. The van der Waals surface area contributed by atoms with E-state index in [1.54, 1.807) is 18.5 Å². The molecule has 0 aliphatic carbocycles. The maximum absolute atomic E-state index is 12.3. The Morgan fingerprint density at radius 1 is 1.25 bits per heavy atom. The number of hydrogen-bond acceptors (Lipinski definition) is 5. The van der Waals surface area contributed by atoms with Gasteiger partial charge in [0.25, 0.3) is 0 Å². The maximum Gasteiger partial charge on any atom is 0.224 e. The molecule has 3 aromatic rings. The Kier molecular flexibility index (Phi) is 4.41. The lowest BCUT2D eigenvalue weighted by Gasteiger charge is -2.11. The van der Waals surface area contributed by atoms with E-state index in [-0.39, 0.29) is 5.91 Å². The first-order chi connectivity index (χ1) is 11.6. The predicted molar refractivity (Wildman–Crippen MR) is 89.0 cm³/mol. The Bertz CT molecular complexity index is 846. The number of nitrogens with one attached hydrogen (secondary N) is 1. The van der Waals surface area contributed by atoms with Crippen molar-refractivity contribution in [1.82, 2.24) is 19.7 Å². The largest absolute Gasteiger partial charge is 0.361 e. The lowest BCUT2D eigenvalue weighted by Crippen LogP contribution is -2.15. The van der Waals surface area contributed by atoms with E-state index >= 15 is 0 Å². The topological polar surface area (TPSA) is 85.8 Å². The van der Waals surface area contributed by atoms with Gasteiger partial charge in [-0.05, 0) is 39.3 Å². The van der Waals surface area contributed by atoms with Crippen LogP contribution in [0.5, 0.6) is 0 Å². The molecule has 124 valence electrons. The Hall–Kier alpha value is -2.96. The quantitative estimate of drug-likeness (QED) is 0.779. The van der Waals surface area contributed by atoms with Gasteiger partial charge in [0, 0.05) is 30.6 Å². The van der Waals surface area contributed by atoms with E-state index in [0.717, 1.165) is 22.8 Å². The van der Waals surface area contributed by atoms with Crippen LogP contribution in [0.3, 0.4) is 0 Å². The molecule has 0 bridgehead atoms. The minimum atomic E-state index is -0.0815. The van der Waals surface area contributed by atoms with Crippen LogP contribution in [-0.4, -0.2) is 25.6 Å². The van der Waals surface area contributed by atoms with Crippen molar-refractivity contribution < 1.29 is 9.32 Å². The molecule has 1 N–H and O–H groups in total. The fourth-order valence-electron chi connectivity index (χ4n) is 2.60. The molecule has 7 heteroatoms. The molecular weight excluding hydrogens is 306 g/mol. The van der Waals surface area contributed by atoms with E-state index < -0.39 is 0 Å². The van der Waals surface area contributed by atoms with Gasteiger partial charge in [0.2, 0.25) is 5.91 Å². The molecule has 0 saturated carbocycles. The zero-order valence-corrected chi connectivity index (χ0v) is 13.9. The summed E-state index contributed by atoms with van der Waals surface area (Å²) in [6.07, 6.45) is 6.14. The summed E-state index contributed by atoms with van der Waals surface area (Å²) in [5.41, 5.74) is 2.47. The van der Waals surface area contributed by atoms with Gasteiger partial charge in [0.05, 0.1) is 11.4 Å². The molecule has 0 spiro atoms. The van der Waals surface area contributed by atoms with Crippen LogP contribution >= 0.6 is 0 Å². The first-order valence-electron chi connectivity index (χ1n) is 7.73. The predicted octanol–water partition coefficient (Wildman–Crippen LogP) is 2.75. The van der Waals surface area contributed by atoms with Gasteiger partial charge < -0.3 is 9.84 Å². The van der Waals surface area contributed by atoms with E-state index in [1.165, 1.54) is 0 Å². The van der Waals surface area contributed by atoms with Crippen LogP contribution in [0.15, 0.2) is 35.2 Å². The molecule has 3 heterocycles. The van der Waals surface area contributed by atoms with Gasteiger partial charge >= 0.3 is 0 Å². The first-order valence-corrected chi connectivity index (χ1v) is 7.73. The number of pyridine rings is 1. The monoisotopic (exact) mass is 325 g/mol. The van der Waals surface area contributed by atoms with Crippen LogP contribution in [0, 0.1) is 20.8 Å². The summed E-state index contributed by atoms with van der Waals surface area (Å²) in [6.45, 7) is 5.62. The van der Waals surface area contributed by atoms with Gasteiger partial charge in [-0.2, -0.15) is 0 Å². The van der Waals surface area contributed by atoms with Gasteiger partial charge in [-0.15, -0.1) is 0 Å². The van der Waals surface area contributed by atoms with Gasteiger partial charge in [-0.25, -0.2) is 9.97 Å². The fraction of sp³-hybridized carbons (Fsp3) is 0.294. The second-order valence-electron chi connectivity index (χ2n) is 5.57. The molecule has 0 unspecified atom stereocenters. The molecule has 3 rings (SSSR count). The smallest absolute Gasteiger partial charge is 0.224 e. The van der Waals surface area contributed by atoms with Crippen LogP contribution in [0.25, 0.3) is 5.82 Å². The van der Waals surface area contributed by atoms with E-state index in [0.29, 0.717) is 24.3 Å². The molecule has 0 saturated heterocycles. The van der Waals surface area contributed by atoms with Crippen molar-refractivity contribution >= 4 is 11.6 Å². The highest BCUT2D eigenvalue weighted by Crippen LogP contribution is 2.19. The van der Waals surface area contributed by atoms with Gasteiger partial charge in [0.1, 0.15) is 11.6 Å². The highest BCUT2D eigenvalue weighted by Gasteiger charge is 2.14. The third-order valence-corrected chi connectivity index (χ3v) is 3.90. The minimum Gasteiger partial charge on any atom is -0.361 e. The second-order valence-corrected chi connectivity index (χ2v) is 5.57. The summed E-state index contributed by atoms with van der Waals surface area (Å²) >= 11 is 0. The molecule has 1 amide bonds. The summed E-state index contributed by atoms with van der Waals surface area (Å²) in [6, 6.07) is 3.62. The average Bonchev–Trinajstić information content (AvgIpc) is 3.12. The SMILES string of the molecule is Cc1noc(C)c1CCC(=O)Nc1cccnc1-n1ccnc1C. The number of carbonyl (C=O) groups excluding carboxylic acids is 1. The van der Waals surface area contributed by atoms with Crippen LogP contribution < -0.4 is 5.32 Å². The number of rotatable bonds is 5. The number of nitrogens with zero attached hydrogens (tertiary/aromatic N) is 4. The van der Waals surface area contributed by atoms with E-state index in [9.17, 15) is 4.79 Å². The lowest BCUT2D eigenvalue weighted by molar-refractivity contribution is -0.116. The number of carbonyl (C=O) groups is 1. The number of aromatic nitrogens is 4. The summed E-state index contributed by atoms with van der Waals surface area (Å²) in [5, 5.41) is 6.83. The maximum atomic E-state index is 12.3. The van der Waals surface area contributed by atoms with Crippen LogP contribution in [-0.2, 0) is 11.2 Å². The third-order valence-electron chi connectivity index (χ3n) is 3.90. The van der Waals surface area contributed by atoms with E-state index in [4.69, 9.17) is 4.52 Å². The van der Waals surface area contributed by atoms with Crippen molar-refractivity contribution in [1.29, 1.82) is 0 Å². The van der Waals surface area contributed by atoms with Gasteiger partial charge in [-0.1, -0.05) is 5.16 Å². The minimum absolute atomic E-state index is 0.0815. The molecule has 0 aromatic carbocycles. The molecule has 0 radical (unpaired) electrons. The zero-order chi connectivity index (χ0) is 17.1. The van der Waals surface area contributed by atoms with Crippen molar-refractivity contribution in [3.8, 4) is 5.82 Å². The van der Waals surface area contributed by atoms with E-state index in [2.05, 4.69) is 20.4 Å². The van der Waals surface area contributed by atoms with Crippen LogP contribution in [0.1, 0.15) is 29.3 Å². The molecule has 0 fully saturated rings. The van der Waals surface area contributed by atoms with E-state index in [1.807, 2.05) is 37.6 Å². The normalized spacial score (nSPS) is 10.8. The molecule has 24 heavy (non-hydrogen) atoms. The zero-order valence-electron chi connectivity index (χ0n) is 13.9. The van der Waals surface area contributed by atoms with Crippen molar-refractivity contribution in [3.05, 3.63) is 53.6 Å². The number of anilines is 1. The molecule has 0 aliphatic rings. The Balaban J connectivity index is 1.72. The van der Waals surface area contributed by atoms with Crippen molar-refractivity contribution in [2.45, 2.75) is 33.6 Å². The molecule has 3 aromatic heterocycles. The Morgan fingerprint density at radius 3 is 2.75 bits per heavy atom. The van der Waals surface area contributed by atoms with Crippen LogP contribution in [0.2, 0.25) is 0 Å². The highest BCUT2D eigenvalue weighted by molar-refractivity contribution is 5.92. The number of imidazole rings is 1. The fourth-order valence-corrected chi connectivity index (χ4v) is 2.60. The molecule has 7 nitrogen and oxygen atoms in total. The lowest BCUT2D eigenvalue weighted by atomic mass is 10.1. The van der Waals surface area contributed by atoms with Crippen molar-refractivity contribution in [2.75, 3.05) is 5.32 Å². The Labute approximate surface area is 139 Å². The summed E-state index contributed by atoms with van der Waals surface area (Å²) in [7, 11) is 0. The van der Waals surface area contributed by atoms with Gasteiger partial charge in [0.15, 0.2) is 5.82 Å². The second kappa shape index (κ2) is 6.66. The summed E-state index contributed by atoms with van der Waals surface area (Å²) in [5.74, 6) is 2.14. The first kappa shape index (κ1) is 15.9. The third kappa shape index (κ3) is 3.19. The van der Waals surface area contributed by atoms with Gasteiger partial charge in [-0.3, -0.25) is 9.36 Å². The average molecular weight is 325 g/mol.